The van der Waals surface area contributed by atoms with E-state index in [0.29, 0.717) is 6.04 Å². The monoisotopic (exact) mass is 207 g/mol. The Hall–Kier alpha value is -0.480. The van der Waals surface area contributed by atoms with Gasteiger partial charge in [-0.25, -0.2) is 0 Å². The number of hydrogen-bond donors (Lipinski definition) is 1. The fourth-order valence-electron chi connectivity index (χ4n) is 2.18. The summed E-state index contributed by atoms with van der Waals surface area (Å²) in [6, 6.07) is 0.419. The fraction of sp³-hybridized carbons (Fsp3) is 0.857. The first-order valence-corrected chi connectivity index (χ1v) is 6.14. The van der Waals surface area contributed by atoms with Gasteiger partial charge in [-0.3, -0.25) is 0 Å². The highest BCUT2D eigenvalue weighted by atomic mass is 14.6. The maximum absolute atomic E-state index is 6.00. The van der Waals surface area contributed by atoms with Gasteiger partial charge in [-0.05, 0) is 51.9 Å². The van der Waals surface area contributed by atoms with Crippen molar-refractivity contribution in [2.24, 2.45) is 23.0 Å². The average Bonchev–Trinajstić information content (AvgIpc) is 2.09. The summed E-state index contributed by atoms with van der Waals surface area (Å²) in [5.41, 5.74) is 6.14. The van der Waals surface area contributed by atoms with E-state index < -0.39 is 0 Å². The van der Waals surface area contributed by atoms with Crippen molar-refractivity contribution in [1.82, 2.24) is 0 Å². The second kappa shape index (κ2) is 5.03. The summed E-state index contributed by atoms with van der Waals surface area (Å²) in [5.74, 6) is 8.18. The standard InChI is InChI=1S/C14H25N/c1-11-7-8-13(15)10-12(11)6-5-9-14(2,3)4/h11-13H,6-8,10,15H2,1-4H3. The van der Waals surface area contributed by atoms with Crippen molar-refractivity contribution in [1.29, 1.82) is 0 Å². The third kappa shape index (κ3) is 4.71. The first-order chi connectivity index (χ1) is 6.88. The minimum absolute atomic E-state index is 0.139. The molecule has 0 aliphatic heterocycles. The summed E-state index contributed by atoms with van der Waals surface area (Å²) in [7, 11) is 0. The van der Waals surface area contributed by atoms with Crippen LogP contribution in [0.1, 0.15) is 53.4 Å². The largest absolute Gasteiger partial charge is 0.328 e. The van der Waals surface area contributed by atoms with Gasteiger partial charge in [0.1, 0.15) is 0 Å². The minimum Gasteiger partial charge on any atom is -0.328 e. The topological polar surface area (TPSA) is 26.0 Å². The van der Waals surface area contributed by atoms with Gasteiger partial charge in [0.15, 0.2) is 0 Å². The smallest absolute Gasteiger partial charge is 0.0230 e. The molecule has 1 aliphatic carbocycles. The Balaban J connectivity index is 2.45. The molecule has 15 heavy (non-hydrogen) atoms. The van der Waals surface area contributed by atoms with Gasteiger partial charge in [-0.2, -0.15) is 0 Å². The van der Waals surface area contributed by atoms with Gasteiger partial charge in [-0.1, -0.05) is 12.8 Å². The predicted octanol–water partition coefficient (Wildman–Crippen LogP) is 3.19. The van der Waals surface area contributed by atoms with Crippen LogP contribution in [0.5, 0.6) is 0 Å². The Morgan fingerprint density at radius 2 is 1.93 bits per heavy atom. The quantitative estimate of drug-likeness (QED) is 0.657. The second-order valence-electron chi connectivity index (χ2n) is 6.07. The fourth-order valence-corrected chi connectivity index (χ4v) is 2.18. The van der Waals surface area contributed by atoms with Crippen LogP contribution in [0.2, 0.25) is 0 Å². The number of rotatable bonds is 1. The molecule has 2 N–H and O–H groups in total. The van der Waals surface area contributed by atoms with E-state index in [1.807, 2.05) is 0 Å². The van der Waals surface area contributed by atoms with Gasteiger partial charge in [0.2, 0.25) is 0 Å². The summed E-state index contributed by atoms with van der Waals surface area (Å²) in [5, 5.41) is 0. The molecule has 1 fully saturated rings. The van der Waals surface area contributed by atoms with E-state index in [9.17, 15) is 0 Å². The zero-order chi connectivity index (χ0) is 11.5. The van der Waals surface area contributed by atoms with Crippen molar-refractivity contribution < 1.29 is 0 Å². The van der Waals surface area contributed by atoms with Gasteiger partial charge in [0.25, 0.3) is 0 Å². The summed E-state index contributed by atoms with van der Waals surface area (Å²) in [6.07, 6.45) is 4.68. The van der Waals surface area contributed by atoms with Crippen LogP contribution in [0.3, 0.4) is 0 Å². The first-order valence-electron chi connectivity index (χ1n) is 6.14. The van der Waals surface area contributed by atoms with Crippen molar-refractivity contribution in [2.75, 3.05) is 0 Å². The van der Waals surface area contributed by atoms with E-state index >= 15 is 0 Å². The number of nitrogens with two attached hydrogens (primary N) is 1. The van der Waals surface area contributed by atoms with Gasteiger partial charge in [-0.15, -0.1) is 5.92 Å². The highest BCUT2D eigenvalue weighted by Crippen LogP contribution is 2.31. The highest BCUT2D eigenvalue weighted by Gasteiger charge is 2.24. The molecule has 0 aromatic heterocycles. The molecule has 0 aromatic rings. The third-order valence-corrected chi connectivity index (χ3v) is 3.23. The molecule has 0 bridgehead atoms. The molecule has 0 aromatic carbocycles. The SMILES string of the molecule is CC1CCC(N)CC1CC#CC(C)(C)C. The molecular formula is C14H25N. The third-order valence-electron chi connectivity index (χ3n) is 3.23. The zero-order valence-electron chi connectivity index (χ0n) is 10.6. The van der Waals surface area contributed by atoms with Crippen molar-refractivity contribution in [3.63, 3.8) is 0 Å². The minimum atomic E-state index is 0.139. The van der Waals surface area contributed by atoms with Gasteiger partial charge < -0.3 is 5.73 Å². The predicted molar refractivity (Wildman–Crippen MR) is 66.3 cm³/mol. The first kappa shape index (κ1) is 12.6. The van der Waals surface area contributed by atoms with Crippen molar-refractivity contribution >= 4 is 0 Å². The summed E-state index contributed by atoms with van der Waals surface area (Å²) < 4.78 is 0. The lowest BCUT2D eigenvalue weighted by Crippen LogP contribution is -2.32. The lowest BCUT2D eigenvalue weighted by atomic mass is 9.76. The summed E-state index contributed by atoms with van der Waals surface area (Å²) in [4.78, 5) is 0. The van der Waals surface area contributed by atoms with Crippen LogP contribution >= 0.6 is 0 Å². The van der Waals surface area contributed by atoms with Crippen molar-refractivity contribution in [3.05, 3.63) is 0 Å². The molecule has 0 saturated heterocycles. The van der Waals surface area contributed by atoms with E-state index in [4.69, 9.17) is 5.73 Å². The summed E-state index contributed by atoms with van der Waals surface area (Å²) >= 11 is 0. The van der Waals surface area contributed by atoms with Crippen LogP contribution in [-0.2, 0) is 0 Å². The lowest BCUT2D eigenvalue weighted by molar-refractivity contribution is 0.237. The van der Waals surface area contributed by atoms with E-state index in [1.165, 1.54) is 19.3 Å². The van der Waals surface area contributed by atoms with Gasteiger partial charge in [0, 0.05) is 17.9 Å². The number of hydrogen-bond acceptors (Lipinski definition) is 1. The Kier molecular flexibility index (Phi) is 4.22. The molecule has 1 nitrogen and oxygen atoms in total. The lowest BCUT2D eigenvalue weighted by Gasteiger charge is -2.31. The van der Waals surface area contributed by atoms with Gasteiger partial charge in [0.05, 0.1) is 0 Å². The highest BCUT2D eigenvalue weighted by molar-refractivity contribution is 5.08. The van der Waals surface area contributed by atoms with E-state index in [2.05, 4.69) is 39.5 Å². The Morgan fingerprint density at radius 3 is 2.53 bits per heavy atom. The van der Waals surface area contributed by atoms with Crippen LogP contribution in [-0.4, -0.2) is 6.04 Å². The molecule has 86 valence electrons. The molecule has 1 saturated carbocycles. The van der Waals surface area contributed by atoms with Crippen LogP contribution in [0.15, 0.2) is 0 Å². The Morgan fingerprint density at radius 1 is 1.27 bits per heavy atom. The molecule has 3 unspecified atom stereocenters. The normalized spacial score (nSPS) is 31.9. The average molecular weight is 207 g/mol. The molecule has 1 rings (SSSR count). The maximum Gasteiger partial charge on any atom is 0.0230 e. The van der Waals surface area contributed by atoms with E-state index in [-0.39, 0.29) is 5.41 Å². The Bertz CT molecular complexity index is 251. The maximum atomic E-state index is 6.00. The Labute approximate surface area is 94.8 Å². The van der Waals surface area contributed by atoms with E-state index in [0.717, 1.165) is 18.3 Å². The molecule has 1 heteroatoms. The van der Waals surface area contributed by atoms with Crippen molar-refractivity contribution in [2.45, 2.75) is 59.4 Å². The van der Waals surface area contributed by atoms with Crippen LogP contribution in [0.4, 0.5) is 0 Å². The van der Waals surface area contributed by atoms with Crippen LogP contribution in [0, 0.1) is 29.1 Å². The molecule has 1 aliphatic rings. The summed E-state index contributed by atoms with van der Waals surface area (Å²) in [6.45, 7) is 8.83. The second-order valence-corrected chi connectivity index (χ2v) is 6.07. The van der Waals surface area contributed by atoms with Gasteiger partial charge >= 0.3 is 0 Å². The molecule has 0 radical (unpaired) electrons. The van der Waals surface area contributed by atoms with Crippen LogP contribution in [0.25, 0.3) is 0 Å². The molecular weight excluding hydrogens is 182 g/mol. The molecule has 3 atom stereocenters. The molecule has 0 amide bonds. The molecule has 0 spiro atoms. The molecule has 0 heterocycles. The van der Waals surface area contributed by atoms with E-state index in [1.54, 1.807) is 0 Å². The van der Waals surface area contributed by atoms with Crippen LogP contribution < -0.4 is 5.73 Å². The van der Waals surface area contributed by atoms with Crippen molar-refractivity contribution in [3.8, 4) is 11.8 Å². The zero-order valence-corrected chi connectivity index (χ0v) is 10.6.